The van der Waals surface area contributed by atoms with Crippen molar-refractivity contribution in [1.29, 1.82) is 0 Å². The lowest BCUT2D eigenvalue weighted by Gasteiger charge is -2.35. The third kappa shape index (κ3) is 4.58. The highest BCUT2D eigenvalue weighted by atomic mass is 19.4. The minimum absolute atomic E-state index is 0.0506. The molecule has 2 aromatic rings. The predicted octanol–water partition coefficient (Wildman–Crippen LogP) is 2.54. The van der Waals surface area contributed by atoms with Gasteiger partial charge >= 0.3 is 6.18 Å². The van der Waals surface area contributed by atoms with Crippen molar-refractivity contribution in [1.82, 2.24) is 15.1 Å². The normalized spacial score (nSPS) is 20.4. The van der Waals surface area contributed by atoms with Gasteiger partial charge in [-0.2, -0.15) is 13.2 Å². The Labute approximate surface area is 165 Å². The van der Waals surface area contributed by atoms with Gasteiger partial charge in [-0.3, -0.25) is 9.69 Å². The van der Waals surface area contributed by atoms with Crippen LogP contribution in [-0.2, 0) is 11.0 Å². The Kier molecular flexibility index (Phi) is 5.65. The summed E-state index contributed by atoms with van der Waals surface area (Å²) in [5.41, 5.74) is 5.58. The van der Waals surface area contributed by atoms with E-state index in [1.165, 1.54) is 6.07 Å². The smallest absolute Gasteiger partial charge is 0.416 e. The van der Waals surface area contributed by atoms with Crippen molar-refractivity contribution < 1.29 is 23.1 Å². The number of carbonyl (C=O) groups excluding carboxylic acids is 1. The van der Waals surface area contributed by atoms with Crippen molar-refractivity contribution in [2.45, 2.75) is 38.0 Å². The van der Waals surface area contributed by atoms with Crippen LogP contribution >= 0.6 is 0 Å². The molecular formula is C19H22F3N5O2. The molecular weight excluding hydrogens is 387 g/mol. The number of alkyl halides is 3. The summed E-state index contributed by atoms with van der Waals surface area (Å²) in [6.07, 6.45) is -3.17. The molecule has 29 heavy (non-hydrogen) atoms. The van der Waals surface area contributed by atoms with Gasteiger partial charge in [0.2, 0.25) is 5.91 Å². The number of carbonyl (C=O) groups is 1. The number of aryl methyl sites for hydroxylation is 1. The SMILES string of the molecule is Cc1cc(N[C@@H]2CC[C@H](C(N)=O)N(C)C2)nnc1-c1ccc(C(F)(F)F)cc1O. The molecule has 0 unspecified atom stereocenters. The molecule has 0 spiro atoms. The van der Waals surface area contributed by atoms with Crippen LogP contribution in [0.3, 0.4) is 0 Å². The summed E-state index contributed by atoms with van der Waals surface area (Å²) in [7, 11) is 1.83. The molecule has 1 aliphatic rings. The molecule has 0 radical (unpaired) electrons. The molecule has 2 atom stereocenters. The number of nitrogens with two attached hydrogens (primary N) is 1. The predicted molar refractivity (Wildman–Crippen MR) is 101 cm³/mol. The zero-order valence-corrected chi connectivity index (χ0v) is 16.0. The van der Waals surface area contributed by atoms with Gasteiger partial charge in [0.25, 0.3) is 0 Å². The molecule has 4 N–H and O–H groups in total. The van der Waals surface area contributed by atoms with E-state index in [-0.39, 0.29) is 23.6 Å². The van der Waals surface area contributed by atoms with Crippen LogP contribution in [0, 0.1) is 6.92 Å². The molecule has 0 bridgehead atoms. The van der Waals surface area contributed by atoms with Crippen LogP contribution in [0.4, 0.5) is 19.0 Å². The van der Waals surface area contributed by atoms with Crippen LogP contribution in [-0.4, -0.2) is 51.8 Å². The Morgan fingerprint density at radius 2 is 2.00 bits per heavy atom. The number of halogens is 3. The van der Waals surface area contributed by atoms with Crippen LogP contribution in [0.5, 0.6) is 5.75 Å². The molecule has 2 heterocycles. The van der Waals surface area contributed by atoms with E-state index in [9.17, 15) is 23.1 Å². The summed E-state index contributed by atoms with van der Waals surface area (Å²) in [6.45, 7) is 2.35. The Morgan fingerprint density at radius 1 is 1.28 bits per heavy atom. The van der Waals surface area contributed by atoms with Crippen molar-refractivity contribution in [2.75, 3.05) is 18.9 Å². The number of hydrogen-bond donors (Lipinski definition) is 3. The van der Waals surface area contributed by atoms with E-state index in [4.69, 9.17) is 5.73 Å². The fourth-order valence-corrected chi connectivity index (χ4v) is 3.56. The van der Waals surface area contributed by atoms with Crippen LogP contribution in [0.1, 0.15) is 24.0 Å². The van der Waals surface area contributed by atoms with Gasteiger partial charge in [0.15, 0.2) is 0 Å². The number of piperidine rings is 1. The number of likely N-dealkylation sites (N-methyl/N-ethyl adjacent to an activating group) is 1. The van der Waals surface area contributed by atoms with Crippen molar-refractivity contribution in [2.24, 2.45) is 5.73 Å². The number of rotatable bonds is 4. The number of nitrogens with one attached hydrogen (secondary N) is 1. The monoisotopic (exact) mass is 409 g/mol. The topological polar surface area (TPSA) is 104 Å². The zero-order valence-electron chi connectivity index (χ0n) is 16.0. The first-order valence-electron chi connectivity index (χ1n) is 9.07. The van der Waals surface area contributed by atoms with Crippen molar-refractivity contribution in [3.63, 3.8) is 0 Å². The number of primary amides is 1. The van der Waals surface area contributed by atoms with Gasteiger partial charge in [-0.1, -0.05) is 0 Å². The molecule has 1 amide bonds. The molecule has 156 valence electrons. The summed E-state index contributed by atoms with van der Waals surface area (Å²) in [6, 6.07) is 4.24. The van der Waals surface area contributed by atoms with Crippen LogP contribution < -0.4 is 11.1 Å². The standard InChI is InChI=1S/C19H22F3N5O2/c1-10-7-16(24-12-4-6-14(18(23)29)27(2)9-12)25-26-17(10)13-5-3-11(8-15(13)28)19(20,21)22/h3,5,7-8,12,14,28H,4,6,9H2,1-2H3,(H2,23,29)(H,24,25)/t12-,14-/m1/s1. The average Bonchev–Trinajstić information content (AvgIpc) is 2.61. The highest BCUT2D eigenvalue weighted by molar-refractivity contribution is 5.80. The molecule has 1 saturated heterocycles. The van der Waals surface area contributed by atoms with E-state index >= 15 is 0 Å². The van der Waals surface area contributed by atoms with Crippen LogP contribution in [0.15, 0.2) is 24.3 Å². The summed E-state index contributed by atoms with van der Waals surface area (Å²) < 4.78 is 38.3. The Hall–Kier alpha value is -2.88. The number of nitrogens with zero attached hydrogens (tertiary/aromatic N) is 3. The largest absolute Gasteiger partial charge is 0.507 e. The molecule has 1 aromatic carbocycles. The van der Waals surface area contributed by atoms with Crippen molar-refractivity contribution in [3.05, 3.63) is 35.4 Å². The summed E-state index contributed by atoms with van der Waals surface area (Å²) >= 11 is 0. The van der Waals surface area contributed by atoms with Gasteiger partial charge < -0.3 is 16.2 Å². The Morgan fingerprint density at radius 3 is 2.55 bits per heavy atom. The number of aromatic hydroxyl groups is 1. The molecule has 1 aromatic heterocycles. The van der Waals surface area contributed by atoms with Crippen LogP contribution in [0.2, 0.25) is 0 Å². The van der Waals surface area contributed by atoms with E-state index in [0.717, 1.165) is 12.5 Å². The third-order valence-electron chi connectivity index (χ3n) is 5.07. The van der Waals surface area contributed by atoms with Gasteiger partial charge in [-0.05, 0) is 56.6 Å². The highest BCUT2D eigenvalue weighted by Gasteiger charge is 2.32. The minimum Gasteiger partial charge on any atom is -0.507 e. The minimum atomic E-state index is -4.54. The number of anilines is 1. The van der Waals surface area contributed by atoms with Crippen LogP contribution in [0.25, 0.3) is 11.3 Å². The lowest BCUT2D eigenvalue weighted by molar-refractivity contribution is -0.137. The number of phenolic OH excluding ortho intramolecular Hbond substituents is 1. The number of amides is 1. The lowest BCUT2D eigenvalue weighted by atomic mass is 9.98. The molecule has 3 rings (SSSR count). The zero-order chi connectivity index (χ0) is 21.3. The van der Waals surface area contributed by atoms with E-state index in [1.807, 2.05) is 11.9 Å². The first-order chi connectivity index (χ1) is 13.6. The summed E-state index contributed by atoms with van der Waals surface area (Å²) in [5, 5.41) is 21.5. The van der Waals surface area contributed by atoms with Crippen molar-refractivity contribution >= 4 is 11.7 Å². The molecule has 7 nitrogen and oxygen atoms in total. The maximum atomic E-state index is 12.8. The first-order valence-corrected chi connectivity index (χ1v) is 9.07. The Balaban J connectivity index is 1.75. The maximum Gasteiger partial charge on any atom is 0.416 e. The summed E-state index contributed by atoms with van der Waals surface area (Å²) in [4.78, 5) is 13.3. The molecule has 0 aliphatic carbocycles. The number of aromatic nitrogens is 2. The number of likely N-dealkylation sites (tertiary alicyclic amines) is 1. The molecule has 10 heteroatoms. The third-order valence-corrected chi connectivity index (χ3v) is 5.07. The van der Waals surface area contributed by atoms with E-state index in [0.29, 0.717) is 36.1 Å². The molecule has 1 aliphatic heterocycles. The lowest BCUT2D eigenvalue weighted by Crippen LogP contribution is -2.51. The maximum absolute atomic E-state index is 12.8. The highest BCUT2D eigenvalue weighted by Crippen LogP contribution is 2.36. The molecule has 1 fully saturated rings. The quantitative estimate of drug-likeness (QED) is 0.717. The molecule has 0 saturated carbocycles. The fraction of sp³-hybridized carbons (Fsp3) is 0.421. The Bertz CT molecular complexity index is 919. The van der Waals surface area contributed by atoms with Gasteiger partial charge in [-0.15, -0.1) is 10.2 Å². The number of hydrogen-bond acceptors (Lipinski definition) is 6. The summed E-state index contributed by atoms with van der Waals surface area (Å²) in [5.74, 6) is -0.347. The second kappa shape index (κ2) is 7.86. The van der Waals surface area contributed by atoms with E-state index < -0.39 is 17.5 Å². The van der Waals surface area contributed by atoms with Gasteiger partial charge in [0.05, 0.1) is 17.3 Å². The first kappa shape index (κ1) is 20.8. The second-order valence-corrected chi connectivity index (χ2v) is 7.27. The van der Waals surface area contributed by atoms with Crippen molar-refractivity contribution in [3.8, 4) is 17.0 Å². The fourth-order valence-electron chi connectivity index (χ4n) is 3.56. The number of phenols is 1. The van der Waals surface area contributed by atoms with Gasteiger partial charge in [-0.25, -0.2) is 0 Å². The number of benzene rings is 1. The van der Waals surface area contributed by atoms with E-state index in [1.54, 1.807) is 13.0 Å². The van der Waals surface area contributed by atoms with Gasteiger partial charge in [0.1, 0.15) is 11.6 Å². The van der Waals surface area contributed by atoms with E-state index in [2.05, 4.69) is 15.5 Å². The second-order valence-electron chi connectivity index (χ2n) is 7.27. The van der Waals surface area contributed by atoms with Gasteiger partial charge in [0, 0.05) is 18.2 Å². The average molecular weight is 409 g/mol.